The summed E-state index contributed by atoms with van der Waals surface area (Å²) in [5, 5.41) is 9.03. The van der Waals surface area contributed by atoms with Crippen molar-refractivity contribution >= 4 is 27.7 Å². The highest BCUT2D eigenvalue weighted by Gasteiger charge is 2.11. The zero-order chi connectivity index (χ0) is 16.9. The molecule has 0 atom stereocenters. The van der Waals surface area contributed by atoms with Crippen LogP contribution in [0.3, 0.4) is 0 Å². The number of hydrogen-bond donors (Lipinski definition) is 0. The fourth-order valence-electron chi connectivity index (χ4n) is 2.03. The number of rotatable bonds is 6. The molecule has 2 aromatic carbocycles. The lowest BCUT2D eigenvalue weighted by Gasteiger charge is -2.07. The van der Waals surface area contributed by atoms with Crippen LogP contribution < -0.4 is 4.74 Å². The number of benzene rings is 2. The molecule has 0 saturated carbocycles. The predicted octanol–water partition coefficient (Wildman–Crippen LogP) is 4.59. The number of halogens is 2. The molecule has 0 fully saturated rings. The van der Waals surface area contributed by atoms with E-state index in [1.807, 2.05) is 41.9 Å². The molecule has 0 unspecified atom stereocenters. The highest BCUT2D eigenvalue weighted by Crippen LogP contribution is 2.23. The van der Waals surface area contributed by atoms with Gasteiger partial charge in [0.2, 0.25) is 0 Å². The van der Waals surface area contributed by atoms with Crippen LogP contribution in [0.15, 0.2) is 58.2 Å². The Morgan fingerprint density at radius 3 is 2.62 bits per heavy atom. The summed E-state index contributed by atoms with van der Waals surface area (Å²) in [6.45, 7) is 0.325. The summed E-state index contributed by atoms with van der Waals surface area (Å²) in [6, 6.07) is 14.3. The molecule has 0 radical (unpaired) electrons. The molecule has 0 aliphatic rings. The monoisotopic (exact) mass is 407 g/mol. The van der Waals surface area contributed by atoms with Crippen molar-refractivity contribution < 1.29 is 9.13 Å². The van der Waals surface area contributed by atoms with E-state index in [-0.39, 0.29) is 5.82 Å². The van der Waals surface area contributed by atoms with E-state index in [0.717, 1.165) is 15.4 Å². The van der Waals surface area contributed by atoms with Gasteiger partial charge in [-0.1, -0.05) is 45.9 Å². The molecule has 1 heterocycles. The summed E-state index contributed by atoms with van der Waals surface area (Å²) < 4.78 is 22.2. The molecule has 124 valence electrons. The van der Waals surface area contributed by atoms with Gasteiger partial charge in [0.25, 0.3) is 0 Å². The van der Waals surface area contributed by atoms with Gasteiger partial charge in [-0.05, 0) is 35.9 Å². The van der Waals surface area contributed by atoms with Crippen LogP contribution in [0, 0.1) is 5.82 Å². The third kappa shape index (κ3) is 4.15. The Morgan fingerprint density at radius 1 is 1.12 bits per heavy atom. The maximum atomic E-state index is 13.7. The van der Waals surface area contributed by atoms with Crippen molar-refractivity contribution in [2.24, 2.45) is 7.05 Å². The molecule has 1 aromatic heterocycles. The SMILES string of the molecule is Cn1c(COc2ccc(Br)cc2)nnc1SCc1ccccc1F. The minimum atomic E-state index is -0.203. The summed E-state index contributed by atoms with van der Waals surface area (Å²) in [6.07, 6.45) is 0. The highest BCUT2D eigenvalue weighted by atomic mass is 79.9. The van der Waals surface area contributed by atoms with Gasteiger partial charge in [0.15, 0.2) is 11.0 Å². The Morgan fingerprint density at radius 2 is 1.88 bits per heavy atom. The number of nitrogens with zero attached hydrogens (tertiary/aromatic N) is 3. The maximum absolute atomic E-state index is 13.7. The van der Waals surface area contributed by atoms with E-state index in [9.17, 15) is 4.39 Å². The Labute approximate surface area is 152 Å². The van der Waals surface area contributed by atoms with Crippen molar-refractivity contribution in [3.8, 4) is 5.75 Å². The molecule has 0 bridgehead atoms. The molecule has 7 heteroatoms. The standard InChI is InChI=1S/C17H15BrFN3OS/c1-22-16(10-23-14-8-6-13(18)7-9-14)20-21-17(22)24-11-12-4-2-3-5-15(12)19/h2-9H,10-11H2,1H3. The fourth-order valence-corrected chi connectivity index (χ4v) is 3.21. The van der Waals surface area contributed by atoms with Crippen molar-refractivity contribution in [1.82, 2.24) is 14.8 Å². The van der Waals surface area contributed by atoms with Gasteiger partial charge in [-0.2, -0.15) is 0 Å². The van der Waals surface area contributed by atoms with Crippen LogP contribution >= 0.6 is 27.7 Å². The quantitative estimate of drug-likeness (QED) is 0.560. The molecular weight excluding hydrogens is 393 g/mol. The second-order valence-corrected chi connectivity index (χ2v) is 6.94. The van der Waals surface area contributed by atoms with Crippen LogP contribution in [0.1, 0.15) is 11.4 Å². The van der Waals surface area contributed by atoms with E-state index in [1.54, 1.807) is 12.1 Å². The van der Waals surface area contributed by atoms with Crippen LogP contribution in [0.4, 0.5) is 4.39 Å². The van der Waals surface area contributed by atoms with Gasteiger partial charge < -0.3 is 9.30 Å². The largest absolute Gasteiger partial charge is 0.486 e. The molecule has 3 rings (SSSR count). The molecule has 4 nitrogen and oxygen atoms in total. The van der Waals surface area contributed by atoms with Crippen molar-refractivity contribution in [2.75, 3.05) is 0 Å². The summed E-state index contributed by atoms with van der Waals surface area (Å²) >= 11 is 4.83. The van der Waals surface area contributed by atoms with Gasteiger partial charge in [-0.15, -0.1) is 10.2 Å². The lowest BCUT2D eigenvalue weighted by Crippen LogP contribution is -2.04. The summed E-state index contributed by atoms with van der Waals surface area (Å²) in [5.41, 5.74) is 0.651. The molecule has 0 saturated heterocycles. The molecule has 0 aliphatic heterocycles. The van der Waals surface area contributed by atoms with Gasteiger partial charge >= 0.3 is 0 Å². The zero-order valence-electron chi connectivity index (χ0n) is 12.9. The minimum Gasteiger partial charge on any atom is -0.486 e. The number of hydrogen-bond acceptors (Lipinski definition) is 4. The Hall–Kier alpha value is -1.86. The van der Waals surface area contributed by atoms with E-state index in [1.165, 1.54) is 17.8 Å². The lowest BCUT2D eigenvalue weighted by atomic mass is 10.2. The summed E-state index contributed by atoms with van der Waals surface area (Å²) in [4.78, 5) is 0. The molecule has 0 aliphatic carbocycles. The average Bonchev–Trinajstić information content (AvgIpc) is 2.94. The van der Waals surface area contributed by atoms with Crippen LogP contribution in [-0.2, 0) is 19.4 Å². The smallest absolute Gasteiger partial charge is 0.191 e. The highest BCUT2D eigenvalue weighted by molar-refractivity contribution is 9.10. The van der Waals surface area contributed by atoms with Gasteiger partial charge in [0, 0.05) is 17.3 Å². The first-order valence-electron chi connectivity index (χ1n) is 7.26. The van der Waals surface area contributed by atoms with E-state index in [2.05, 4.69) is 26.1 Å². The molecule has 0 N–H and O–H groups in total. The van der Waals surface area contributed by atoms with Crippen LogP contribution in [0.2, 0.25) is 0 Å². The number of aromatic nitrogens is 3. The Bertz CT molecular complexity index is 823. The first-order valence-corrected chi connectivity index (χ1v) is 9.04. The van der Waals surface area contributed by atoms with Crippen molar-refractivity contribution in [3.63, 3.8) is 0 Å². The van der Waals surface area contributed by atoms with Crippen LogP contribution in [0.25, 0.3) is 0 Å². The zero-order valence-corrected chi connectivity index (χ0v) is 15.3. The number of thioether (sulfide) groups is 1. The minimum absolute atomic E-state index is 0.203. The fraction of sp³-hybridized carbons (Fsp3) is 0.176. The number of ether oxygens (including phenoxy) is 1. The normalized spacial score (nSPS) is 10.8. The second-order valence-electron chi connectivity index (χ2n) is 5.08. The molecule has 0 spiro atoms. The molecule has 0 amide bonds. The van der Waals surface area contributed by atoms with E-state index in [0.29, 0.717) is 23.7 Å². The first kappa shape index (κ1) is 17.0. The van der Waals surface area contributed by atoms with Crippen LogP contribution in [0.5, 0.6) is 5.75 Å². The third-order valence-corrected chi connectivity index (χ3v) is 5.02. The van der Waals surface area contributed by atoms with Gasteiger partial charge in [0.05, 0.1) is 0 Å². The average molecular weight is 408 g/mol. The van der Waals surface area contributed by atoms with Crippen molar-refractivity contribution in [1.29, 1.82) is 0 Å². The van der Waals surface area contributed by atoms with Crippen LogP contribution in [-0.4, -0.2) is 14.8 Å². The Kier molecular flexibility index (Phi) is 5.52. The summed E-state index contributed by atoms with van der Waals surface area (Å²) in [5.74, 6) is 1.79. The topological polar surface area (TPSA) is 39.9 Å². The molecule has 24 heavy (non-hydrogen) atoms. The summed E-state index contributed by atoms with van der Waals surface area (Å²) in [7, 11) is 1.88. The van der Waals surface area contributed by atoms with E-state index >= 15 is 0 Å². The predicted molar refractivity (Wildman–Crippen MR) is 95.4 cm³/mol. The third-order valence-electron chi connectivity index (χ3n) is 3.42. The second kappa shape index (κ2) is 7.81. The lowest BCUT2D eigenvalue weighted by molar-refractivity contribution is 0.290. The van der Waals surface area contributed by atoms with Crippen molar-refractivity contribution in [3.05, 3.63) is 70.2 Å². The maximum Gasteiger partial charge on any atom is 0.191 e. The Balaban J connectivity index is 1.61. The van der Waals surface area contributed by atoms with Crippen molar-refractivity contribution in [2.45, 2.75) is 17.5 Å². The molecule has 3 aromatic rings. The van der Waals surface area contributed by atoms with Gasteiger partial charge in [-0.25, -0.2) is 4.39 Å². The first-order chi connectivity index (χ1) is 11.6. The van der Waals surface area contributed by atoms with E-state index in [4.69, 9.17) is 4.74 Å². The van der Waals surface area contributed by atoms with Gasteiger partial charge in [-0.3, -0.25) is 0 Å². The molecular formula is C17H15BrFN3OS. The van der Waals surface area contributed by atoms with E-state index < -0.39 is 0 Å². The van der Waals surface area contributed by atoms with Gasteiger partial charge in [0.1, 0.15) is 18.2 Å².